The van der Waals surface area contributed by atoms with Gasteiger partial charge in [-0.15, -0.1) is 5.10 Å². The predicted molar refractivity (Wildman–Crippen MR) is 118 cm³/mol. The van der Waals surface area contributed by atoms with Gasteiger partial charge in [-0.25, -0.2) is 18.3 Å². The minimum absolute atomic E-state index is 0.00714. The number of rotatable bonds is 4. The molecule has 16 heteroatoms. The molecule has 0 bridgehead atoms. The average molecular weight is 530 g/mol. The summed E-state index contributed by atoms with van der Waals surface area (Å²) in [6.07, 6.45) is -1.90. The van der Waals surface area contributed by atoms with Crippen molar-refractivity contribution in [2.45, 2.75) is 18.0 Å². The van der Waals surface area contributed by atoms with Gasteiger partial charge in [0.05, 0.1) is 42.2 Å². The molecule has 0 aliphatic carbocycles. The van der Waals surface area contributed by atoms with Gasteiger partial charge < -0.3 is 10.2 Å². The van der Waals surface area contributed by atoms with Gasteiger partial charge in [-0.3, -0.25) is 9.48 Å². The Bertz CT molecular complexity index is 1410. The molecule has 1 N–H and O–H groups in total. The highest BCUT2D eigenvalue weighted by atomic mass is 35.5. The van der Waals surface area contributed by atoms with Gasteiger partial charge in [0.15, 0.2) is 16.2 Å². The standard InChI is InChI=1S/C14H10ClF3N6O.C6H7F2N3/c1-22-5-8(3-20-22)13(14(16,17)18)6-23(7-25)9-4-19-11-2-10(15)21-24(11)12(9)13;1-9-4-2-5(6(7)8)11-10-3-4/h2-5,7H,6H2,1H3;2-3,6H,1H3,(H,9,11). The number of carbonyl (C=O) groups excluding carboxylic acids is 1. The van der Waals surface area contributed by atoms with E-state index in [1.54, 1.807) is 7.05 Å². The minimum Gasteiger partial charge on any atom is -0.387 e. The number of amides is 1. The van der Waals surface area contributed by atoms with Crippen LogP contribution in [0.5, 0.6) is 0 Å². The Hall–Kier alpha value is -3.88. The lowest BCUT2D eigenvalue weighted by atomic mass is 9.79. The number of hydrogen-bond donors (Lipinski definition) is 1. The molecule has 1 atom stereocenters. The molecule has 5 rings (SSSR count). The first-order valence-corrected chi connectivity index (χ1v) is 10.5. The molecule has 10 nitrogen and oxygen atoms in total. The Morgan fingerprint density at radius 1 is 1.22 bits per heavy atom. The summed E-state index contributed by atoms with van der Waals surface area (Å²) in [7, 11) is 3.15. The quantitative estimate of drug-likeness (QED) is 0.319. The predicted octanol–water partition coefficient (Wildman–Crippen LogP) is 3.40. The number of anilines is 2. The van der Waals surface area contributed by atoms with Crippen molar-refractivity contribution in [2.75, 3.05) is 23.8 Å². The zero-order valence-corrected chi connectivity index (χ0v) is 19.3. The molecule has 1 amide bonds. The van der Waals surface area contributed by atoms with Crippen molar-refractivity contribution in [3.05, 3.63) is 59.0 Å². The van der Waals surface area contributed by atoms with Crippen LogP contribution in [-0.2, 0) is 17.3 Å². The minimum atomic E-state index is -4.71. The molecule has 1 aliphatic heterocycles. The van der Waals surface area contributed by atoms with Gasteiger partial charge in [-0.2, -0.15) is 28.5 Å². The highest BCUT2D eigenvalue weighted by molar-refractivity contribution is 6.29. The molecular formula is C20H17ClF5N9O. The Morgan fingerprint density at radius 3 is 2.56 bits per heavy atom. The third-order valence-electron chi connectivity index (χ3n) is 5.55. The molecule has 0 radical (unpaired) electrons. The second-order valence-electron chi connectivity index (χ2n) is 7.69. The molecule has 0 aromatic carbocycles. The van der Waals surface area contributed by atoms with E-state index in [1.165, 1.54) is 42.5 Å². The molecule has 1 unspecified atom stereocenters. The summed E-state index contributed by atoms with van der Waals surface area (Å²) in [5.74, 6) is 0. The fourth-order valence-electron chi connectivity index (χ4n) is 3.90. The molecule has 0 saturated carbocycles. The molecule has 0 spiro atoms. The van der Waals surface area contributed by atoms with Gasteiger partial charge in [0, 0.05) is 31.9 Å². The molecule has 0 fully saturated rings. The van der Waals surface area contributed by atoms with E-state index in [4.69, 9.17) is 11.6 Å². The maximum absolute atomic E-state index is 14.4. The van der Waals surface area contributed by atoms with Crippen LogP contribution in [0, 0.1) is 0 Å². The SMILES string of the molecule is CNc1cnnc(C(F)F)c1.Cn1cc(C2(C(F)(F)F)CN(C=O)c3cnc4cc(Cl)nn4c32)cn1. The van der Waals surface area contributed by atoms with Crippen LogP contribution in [0.15, 0.2) is 36.9 Å². The molecule has 36 heavy (non-hydrogen) atoms. The smallest absolute Gasteiger partial charge is 0.387 e. The molecule has 0 saturated heterocycles. The maximum atomic E-state index is 14.4. The number of fused-ring (bicyclic) bond motifs is 3. The van der Waals surface area contributed by atoms with Gasteiger partial charge in [0.1, 0.15) is 5.69 Å². The van der Waals surface area contributed by atoms with E-state index in [1.807, 2.05) is 0 Å². The van der Waals surface area contributed by atoms with E-state index in [0.29, 0.717) is 12.1 Å². The van der Waals surface area contributed by atoms with Gasteiger partial charge in [0.25, 0.3) is 6.43 Å². The number of alkyl halides is 5. The third kappa shape index (κ3) is 4.19. The molecular weight excluding hydrogens is 513 g/mol. The van der Waals surface area contributed by atoms with Gasteiger partial charge in [0.2, 0.25) is 6.41 Å². The van der Waals surface area contributed by atoms with E-state index < -0.39 is 24.6 Å². The largest absolute Gasteiger partial charge is 0.405 e. The molecule has 190 valence electrons. The van der Waals surface area contributed by atoms with E-state index >= 15 is 0 Å². The summed E-state index contributed by atoms with van der Waals surface area (Å²) in [5, 5.41) is 17.1. The van der Waals surface area contributed by atoms with Crippen LogP contribution >= 0.6 is 11.6 Å². The lowest BCUT2D eigenvalue weighted by molar-refractivity contribution is -0.174. The van der Waals surface area contributed by atoms with Crippen LogP contribution in [0.2, 0.25) is 5.15 Å². The van der Waals surface area contributed by atoms with Crippen molar-refractivity contribution in [3.8, 4) is 0 Å². The van der Waals surface area contributed by atoms with Gasteiger partial charge in [-0.1, -0.05) is 11.6 Å². The van der Waals surface area contributed by atoms with Crippen molar-refractivity contribution >= 4 is 35.0 Å². The van der Waals surface area contributed by atoms with Crippen LogP contribution in [0.25, 0.3) is 5.65 Å². The summed E-state index contributed by atoms with van der Waals surface area (Å²) in [6, 6.07) is 2.62. The van der Waals surface area contributed by atoms with Crippen LogP contribution in [0.3, 0.4) is 0 Å². The molecule has 5 heterocycles. The summed E-state index contributed by atoms with van der Waals surface area (Å²) in [4.78, 5) is 16.4. The summed E-state index contributed by atoms with van der Waals surface area (Å²) >= 11 is 5.86. The average Bonchev–Trinajstić information content (AvgIpc) is 3.53. The zero-order chi connectivity index (χ0) is 26.3. The van der Waals surface area contributed by atoms with Crippen molar-refractivity contribution < 1.29 is 26.7 Å². The summed E-state index contributed by atoms with van der Waals surface area (Å²) in [6.45, 7) is -0.626. The Kier molecular flexibility index (Phi) is 6.51. The number of halogens is 6. The maximum Gasteiger partial charge on any atom is 0.405 e. The van der Waals surface area contributed by atoms with E-state index in [-0.39, 0.29) is 33.4 Å². The first-order valence-electron chi connectivity index (χ1n) is 10.1. The van der Waals surface area contributed by atoms with E-state index in [0.717, 1.165) is 15.6 Å². The van der Waals surface area contributed by atoms with Crippen molar-refractivity contribution in [2.24, 2.45) is 7.05 Å². The number of aryl methyl sites for hydroxylation is 1. The normalized spacial score (nSPS) is 17.2. The monoisotopic (exact) mass is 529 g/mol. The van der Waals surface area contributed by atoms with Crippen molar-refractivity contribution in [3.63, 3.8) is 0 Å². The Labute approximate surface area is 204 Å². The van der Waals surface area contributed by atoms with Crippen LogP contribution < -0.4 is 10.2 Å². The second kappa shape index (κ2) is 9.29. The van der Waals surface area contributed by atoms with Crippen LogP contribution in [-0.4, -0.2) is 60.8 Å². The number of nitrogens with zero attached hydrogens (tertiary/aromatic N) is 8. The molecule has 4 aromatic rings. The number of aromatic nitrogens is 7. The fourth-order valence-corrected chi connectivity index (χ4v) is 4.07. The third-order valence-corrected chi connectivity index (χ3v) is 5.73. The Morgan fingerprint density at radius 2 is 1.97 bits per heavy atom. The molecule has 4 aromatic heterocycles. The number of nitrogens with one attached hydrogen (secondary N) is 1. The van der Waals surface area contributed by atoms with Crippen molar-refractivity contribution in [1.82, 2.24) is 34.6 Å². The lowest BCUT2D eigenvalue weighted by Crippen LogP contribution is -2.47. The highest BCUT2D eigenvalue weighted by Gasteiger charge is 2.64. The van der Waals surface area contributed by atoms with Gasteiger partial charge in [-0.05, 0) is 6.07 Å². The molecule has 1 aliphatic rings. The van der Waals surface area contributed by atoms with E-state index in [9.17, 15) is 26.7 Å². The zero-order valence-electron chi connectivity index (χ0n) is 18.6. The van der Waals surface area contributed by atoms with Gasteiger partial charge >= 0.3 is 6.18 Å². The summed E-state index contributed by atoms with van der Waals surface area (Å²) in [5.41, 5.74) is -2.37. The first kappa shape index (κ1) is 25.2. The second-order valence-corrected chi connectivity index (χ2v) is 8.08. The fraction of sp³-hybridized carbons (Fsp3) is 0.300. The summed E-state index contributed by atoms with van der Waals surface area (Å²) < 4.78 is 69.3. The van der Waals surface area contributed by atoms with Crippen LogP contribution in [0.1, 0.15) is 23.4 Å². The van der Waals surface area contributed by atoms with Crippen LogP contribution in [0.4, 0.5) is 33.3 Å². The number of carbonyl (C=O) groups is 1. The number of hydrogen-bond acceptors (Lipinski definition) is 7. The Balaban J connectivity index is 0.000000233. The van der Waals surface area contributed by atoms with Crippen molar-refractivity contribution in [1.29, 1.82) is 0 Å². The topological polar surface area (TPSA) is 106 Å². The lowest BCUT2D eigenvalue weighted by Gasteiger charge is -2.31. The van der Waals surface area contributed by atoms with E-state index in [2.05, 4.69) is 30.7 Å². The first-order chi connectivity index (χ1) is 17.0. The highest BCUT2D eigenvalue weighted by Crippen LogP contribution is 2.53.